The first-order valence-corrected chi connectivity index (χ1v) is 11.5. The van der Waals surface area contributed by atoms with E-state index in [1.54, 1.807) is 0 Å². The fourth-order valence-corrected chi connectivity index (χ4v) is 3.13. The largest absolute Gasteiger partial charge is 0.416 e. The molecular weight excluding hydrogens is 542 g/mol. The number of aliphatic hydroxyl groups excluding tert-OH is 1. The maximum absolute atomic E-state index is 13.2. The standard InChI is InChI=1S/C17H16ClF8N5O3S/c1-16(7-18,8-32)15(34)29-28-13(33)2-3-31-9-27-14(30-31)10-4-11(17(19,20)21)6-12(5-10)35(22,23,24,25)26/h2-6,9,32H,7-8H2,1H3,(H,28,33)(H,29,34)/b3-2-. The molecule has 2 aromatic rings. The Morgan fingerprint density at radius 1 is 1.14 bits per heavy atom. The van der Waals surface area contributed by atoms with Gasteiger partial charge in [-0.05, 0) is 25.1 Å². The second-order valence-corrected chi connectivity index (χ2v) is 10.0. The van der Waals surface area contributed by atoms with Crippen molar-refractivity contribution in [1.29, 1.82) is 0 Å². The van der Waals surface area contributed by atoms with Gasteiger partial charge in [0.05, 0.1) is 17.6 Å². The quantitative estimate of drug-likeness (QED) is 0.201. The summed E-state index contributed by atoms with van der Waals surface area (Å²) in [5, 5.41) is 12.7. The normalized spacial score (nSPS) is 16.3. The van der Waals surface area contributed by atoms with Gasteiger partial charge >= 0.3 is 16.4 Å². The van der Waals surface area contributed by atoms with Crippen molar-refractivity contribution in [1.82, 2.24) is 25.6 Å². The molecule has 0 saturated carbocycles. The van der Waals surface area contributed by atoms with Crippen molar-refractivity contribution in [2.45, 2.75) is 18.0 Å². The van der Waals surface area contributed by atoms with Crippen LogP contribution in [0.4, 0.5) is 32.6 Å². The molecule has 0 aliphatic rings. The molecule has 1 aromatic heterocycles. The Morgan fingerprint density at radius 2 is 1.77 bits per heavy atom. The van der Waals surface area contributed by atoms with Crippen molar-refractivity contribution in [2.75, 3.05) is 12.5 Å². The first-order chi connectivity index (χ1) is 15.7. The molecule has 0 fully saturated rings. The van der Waals surface area contributed by atoms with Crippen molar-refractivity contribution in [3.63, 3.8) is 0 Å². The minimum Gasteiger partial charge on any atom is -0.395 e. The zero-order valence-electron chi connectivity index (χ0n) is 17.3. The second kappa shape index (κ2) is 8.63. The highest BCUT2D eigenvalue weighted by Gasteiger charge is 2.66. The van der Waals surface area contributed by atoms with E-state index in [4.69, 9.17) is 16.7 Å². The molecule has 8 nitrogen and oxygen atoms in total. The van der Waals surface area contributed by atoms with Gasteiger partial charge in [0.15, 0.2) is 5.82 Å². The fraction of sp³-hybridized carbons (Fsp3) is 0.294. The molecule has 35 heavy (non-hydrogen) atoms. The maximum Gasteiger partial charge on any atom is 0.416 e. The number of benzene rings is 1. The molecule has 1 aromatic carbocycles. The molecule has 2 rings (SSSR count). The molecular formula is C17H16ClF8N5O3S. The van der Waals surface area contributed by atoms with Crippen molar-refractivity contribution in [3.05, 3.63) is 36.2 Å². The molecule has 1 heterocycles. The zero-order valence-corrected chi connectivity index (χ0v) is 18.9. The SMILES string of the molecule is CC(CO)(CCl)C(=O)NNC(=O)/C=C\n1cnc(-c2cc(C(F)(F)F)cc(S(F)(F)(F)(F)F)c2)n1. The lowest BCUT2D eigenvalue weighted by Gasteiger charge is -2.40. The highest BCUT2D eigenvalue weighted by Crippen LogP contribution is 3.02. The van der Waals surface area contributed by atoms with Crippen LogP contribution in [0.15, 0.2) is 35.5 Å². The van der Waals surface area contributed by atoms with E-state index in [0.717, 1.165) is 18.6 Å². The van der Waals surface area contributed by atoms with E-state index in [-0.39, 0.29) is 18.0 Å². The number of carbonyl (C=O) groups is 2. The summed E-state index contributed by atoms with van der Waals surface area (Å²) in [6.07, 6.45) is -3.02. The summed E-state index contributed by atoms with van der Waals surface area (Å²) in [4.78, 5) is 24.4. The molecule has 0 bridgehead atoms. The Bertz CT molecular complexity index is 1160. The van der Waals surface area contributed by atoms with Crippen LogP contribution in [0.3, 0.4) is 0 Å². The molecule has 0 spiro atoms. The first kappa shape index (κ1) is 28.3. The topological polar surface area (TPSA) is 109 Å². The van der Waals surface area contributed by atoms with Crippen LogP contribution in [0.1, 0.15) is 12.5 Å². The Morgan fingerprint density at radius 3 is 2.29 bits per heavy atom. The average Bonchev–Trinajstić information content (AvgIpc) is 3.22. The van der Waals surface area contributed by atoms with Crippen molar-refractivity contribution >= 4 is 39.8 Å². The van der Waals surface area contributed by atoms with Crippen LogP contribution in [0.5, 0.6) is 0 Å². The van der Waals surface area contributed by atoms with Crippen LogP contribution in [-0.2, 0) is 15.8 Å². The average molecular weight is 558 g/mol. The van der Waals surface area contributed by atoms with E-state index in [1.807, 2.05) is 10.9 Å². The molecule has 0 radical (unpaired) electrons. The molecule has 1 atom stereocenters. The van der Waals surface area contributed by atoms with Gasteiger partial charge in [0.1, 0.15) is 11.2 Å². The third kappa shape index (κ3) is 7.28. The van der Waals surface area contributed by atoms with E-state index in [9.17, 15) is 42.2 Å². The summed E-state index contributed by atoms with van der Waals surface area (Å²) >= 11 is 5.57. The highest BCUT2D eigenvalue weighted by molar-refractivity contribution is 8.45. The molecule has 0 saturated heterocycles. The van der Waals surface area contributed by atoms with Gasteiger partial charge in [-0.15, -0.1) is 16.7 Å². The molecule has 1 unspecified atom stereocenters. The Kier molecular flexibility index (Phi) is 6.98. The van der Waals surface area contributed by atoms with E-state index in [2.05, 4.69) is 10.1 Å². The van der Waals surface area contributed by atoms with Gasteiger partial charge in [-0.1, -0.05) is 19.4 Å². The van der Waals surface area contributed by atoms with E-state index in [0.29, 0.717) is 4.68 Å². The van der Waals surface area contributed by atoms with Gasteiger partial charge in [-0.25, -0.2) is 9.67 Å². The molecule has 196 valence electrons. The second-order valence-electron chi connectivity index (χ2n) is 7.37. The number of amides is 2. The molecule has 18 heteroatoms. The van der Waals surface area contributed by atoms with Crippen molar-refractivity contribution in [2.24, 2.45) is 5.41 Å². The van der Waals surface area contributed by atoms with Gasteiger partial charge in [-0.3, -0.25) is 20.4 Å². The molecule has 2 amide bonds. The minimum absolute atomic E-state index is 0.160. The number of hydrogen-bond acceptors (Lipinski definition) is 5. The van der Waals surface area contributed by atoms with Gasteiger partial charge in [0.25, 0.3) is 5.91 Å². The highest BCUT2D eigenvalue weighted by atomic mass is 35.5. The number of nitrogens with one attached hydrogen (secondary N) is 2. The minimum atomic E-state index is -10.5. The lowest BCUT2D eigenvalue weighted by Crippen LogP contribution is -2.50. The molecule has 3 N–H and O–H groups in total. The fourth-order valence-electron chi connectivity index (χ4n) is 2.22. The van der Waals surface area contributed by atoms with Crippen molar-refractivity contribution < 1.29 is 47.3 Å². The van der Waals surface area contributed by atoms with Crippen LogP contribution in [-0.4, -0.2) is 44.2 Å². The maximum atomic E-state index is 13.2. The summed E-state index contributed by atoms with van der Waals surface area (Å²) in [7, 11) is -10.5. The number of aromatic nitrogens is 3. The predicted molar refractivity (Wildman–Crippen MR) is 109 cm³/mol. The van der Waals surface area contributed by atoms with Crippen LogP contribution < -0.4 is 10.9 Å². The van der Waals surface area contributed by atoms with Gasteiger partial charge < -0.3 is 5.11 Å². The Hall–Kier alpha value is -2.92. The van der Waals surface area contributed by atoms with Gasteiger partial charge in [0.2, 0.25) is 5.91 Å². The number of carbonyl (C=O) groups excluding carboxylic acids is 2. The third-order valence-corrected chi connectivity index (χ3v) is 6.03. The number of rotatable bonds is 7. The number of halogens is 9. The summed E-state index contributed by atoms with van der Waals surface area (Å²) in [5.41, 5.74) is -0.486. The molecule has 0 aliphatic heterocycles. The van der Waals surface area contributed by atoms with Gasteiger partial charge in [-0.2, -0.15) is 13.2 Å². The number of hydrazine groups is 1. The lowest BCUT2D eigenvalue weighted by molar-refractivity contribution is -0.137. The lowest BCUT2D eigenvalue weighted by atomic mass is 9.94. The van der Waals surface area contributed by atoms with E-state index >= 15 is 0 Å². The van der Waals surface area contributed by atoms with Crippen LogP contribution in [0.25, 0.3) is 17.6 Å². The van der Waals surface area contributed by atoms with Crippen molar-refractivity contribution in [3.8, 4) is 11.4 Å². The summed E-state index contributed by atoms with van der Waals surface area (Å²) in [5.74, 6) is -2.85. The third-order valence-electron chi connectivity index (χ3n) is 4.32. The smallest absolute Gasteiger partial charge is 0.395 e. The molecule has 0 aliphatic carbocycles. The summed E-state index contributed by atoms with van der Waals surface area (Å²) in [6.45, 7) is 0.679. The number of nitrogens with zero attached hydrogens (tertiary/aromatic N) is 3. The predicted octanol–water partition coefficient (Wildman–Crippen LogP) is 4.48. The number of alkyl halides is 4. The Labute approximate surface area is 196 Å². The number of hydrogen-bond donors (Lipinski definition) is 3. The Balaban J connectivity index is 2.27. The number of aliphatic hydroxyl groups is 1. The summed E-state index contributed by atoms with van der Waals surface area (Å²) in [6, 6.07) is -0.752. The monoisotopic (exact) mass is 557 g/mol. The first-order valence-electron chi connectivity index (χ1n) is 9.02. The van der Waals surface area contributed by atoms with Crippen LogP contribution in [0.2, 0.25) is 0 Å². The van der Waals surface area contributed by atoms with Crippen LogP contribution in [0, 0.1) is 5.41 Å². The van der Waals surface area contributed by atoms with Crippen LogP contribution >= 0.6 is 21.8 Å². The zero-order chi connectivity index (χ0) is 26.9. The van der Waals surface area contributed by atoms with E-state index in [1.165, 1.54) is 6.92 Å². The van der Waals surface area contributed by atoms with E-state index < -0.39 is 68.1 Å². The summed E-state index contributed by atoms with van der Waals surface area (Å²) < 4.78 is 105. The van der Waals surface area contributed by atoms with Gasteiger partial charge in [0, 0.05) is 23.7 Å².